The molecule has 4 rings (SSSR count). The Balaban J connectivity index is 1.48. The van der Waals surface area contributed by atoms with Crippen molar-refractivity contribution in [1.82, 2.24) is 0 Å². The third-order valence-corrected chi connectivity index (χ3v) is 6.06. The van der Waals surface area contributed by atoms with E-state index in [0.29, 0.717) is 33.2 Å². The number of nitrogens with one attached hydrogen (secondary N) is 2. The molecular formula is C26H21Cl2N3O3. The van der Waals surface area contributed by atoms with Gasteiger partial charge in [-0.05, 0) is 73.0 Å². The van der Waals surface area contributed by atoms with E-state index in [1.165, 1.54) is 5.56 Å². The number of aryl methyl sites for hydroxylation is 2. The van der Waals surface area contributed by atoms with Gasteiger partial charge in [0.25, 0.3) is 17.7 Å². The first-order valence-electron chi connectivity index (χ1n) is 10.6. The van der Waals surface area contributed by atoms with Gasteiger partial charge in [-0.15, -0.1) is 0 Å². The van der Waals surface area contributed by atoms with Crippen molar-refractivity contribution in [2.75, 3.05) is 15.5 Å². The normalized spacial score (nSPS) is 13.5. The molecule has 3 amide bonds. The molecule has 0 spiro atoms. The average Bonchev–Trinajstić information content (AvgIpc) is 3.04. The summed E-state index contributed by atoms with van der Waals surface area (Å²) < 4.78 is 0. The number of carbonyl (C=O) groups excluding carboxylic acids is 3. The number of anilines is 3. The quantitative estimate of drug-likeness (QED) is 0.419. The second-order valence-corrected chi connectivity index (χ2v) is 8.59. The van der Waals surface area contributed by atoms with Crippen LogP contribution in [0.3, 0.4) is 0 Å². The third-order valence-electron chi connectivity index (χ3n) is 5.48. The second kappa shape index (κ2) is 9.71. The van der Waals surface area contributed by atoms with Gasteiger partial charge in [0.05, 0.1) is 5.69 Å². The summed E-state index contributed by atoms with van der Waals surface area (Å²) in [5.74, 6) is -1.48. The SMILES string of the molecule is CCc1ccc(NC(=O)c2ccc(NC3=C(Cl)C(=O)N(c4cc(Cl)ccc4C)C3=O)cc2)cc1. The van der Waals surface area contributed by atoms with Gasteiger partial charge < -0.3 is 10.6 Å². The van der Waals surface area contributed by atoms with Crippen molar-refractivity contribution in [2.45, 2.75) is 20.3 Å². The fourth-order valence-electron chi connectivity index (χ4n) is 3.53. The van der Waals surface area contributed by atoms with E-state index in [2.05, 4.69) is 17.6 Å². The lowest BCUT2D eigenvalue weighted by Gasteiger charge is -2.17. The van der Waals surface area contributed by atoms with Gasteiger partial charge in [0.2, 0.25) is 0 Å². The summed E-state index contributed by atoms with van der Waals surface area (Å²) in [5.41, 5.74) is 3.86. The number of hydrogen-bond acceptors (Lipinski definition) is 4. The zero-order chi connectivity index (χ0) is 24.4. The molecule has 1 aliphatic rings. The van der Waals surface area contributed by atoms with Crippen LogP contribution >= 0.6 is 23.2 Å². The zero-order valence-corrected chi connectivity index (χ0v) is 20.0. The average molecular weight is 494 g/mol. The Labute approximate surface area is 207 Å². The molecule has 0 radical (unpaired) electrons. The zero-order valence-electron chi connectivity index (χ0n) is 18.5. The first kappa shape index (κ1) is 23.5. The first-order chi connectivity index (χ1) is 16.3. The van der Waals surface area contributed by atoms with Crippen molar-refractivity contribution >= 4 is 58.0 Å². The lowest BCUT2D eigenvalue weighted by Crippen LogP contribution is -2.32. The molecule has 1 heterocycles. The molecule has 0 saturated carbocycles. The maximum atomic E-state index is 13.0. The van der Waals surface area contributed by atoms with E-state index < -0.39 is 11.8 Å². The number of rotatable bonds is 6. The number of amides is 3. The molecular weight excluding hydrogens is 473 g/mol. The minimum Gasteiger partial charge on any atom is -0.350 e. The minimum absolute atomic E-state index is 0.0424. The van der Waals surface area contributed by atoms with Crippen molar-refractivity contribution < 1.29 is 14.4 Å². The third kappa shape index (κ3) is 4.69. The van der Waals surface area contributed by atoms with Crippen molar-refractivity contribution in [2.24, 2.45) is 0 Å². The minimum atomic E-state index is -0.635. The summed E-state index contributed by atoms with van der Waals surface area (Å²) in [6.07, 6.45) is 0.924. The fourth-order valence-corrected chi connectivity index (χ4v) is 3.91. The molecule has 0 aromatic heterocycles. The number of carbonyl (C=O) groups is 3. The Kier molecular flexibility index (Phi) is 6.72. The first-order valence-corrected chi connectivity index (χ1v) is 11.4. The van der Waals surface area contributed by atoms with Crippen molar-refractivity contribution in [1.29, 1.82) is 0 Å². The van der Waals surface area contributed by atoms with Crippen molar-refractivity contribution in [3.8, 4) is 0 Å². The van der Waals surface area contributed by atoms with E-state index in [1.807, 2.05) is 24.3 Å². The highest BCUT2D eigenvalue weighted by Crippen LogP contribution is 2.33. The number of imide groups is 1. The van der Waals surface area contributed by atoms with Gasteiger partial charge in [-0.3, -0.25) is 14.4 Å². The van der Waals surface area contributed by atoms with Gasteiger partial charge in [0.1, 0.15) is 10.7 Å². The summed E-state index contributed by atoms with van der Waals surface area (Å²) in [6.45, 7) is 3.84. The summed E-state index contributed by atoms with van der Waals surface area (Å²) in [7, 11) is 0. The summed E-state index contributed by atoms with van der Waals surface area (Å²) in [4.78, 5) is 39.3. The van der Waals surface area contributed by atoms with Crippen LogP contribution in [0.2, 0.25) is 5.02 Å². The van der Waals surface area contributed by atoms with Crippen molar-refractivity contribution in [3.63, 3.8) is 0 Å². The van der Waals surface area contributed by atoms with Gasteiger partial charge in [-0.25, -0.2) is 4.90 Å². The van der Waals surface area contributed by atoms with Crippen LogP contribution in [-0.2, 0) is 16.0 Å². The molecule has 3 aromatic rings. The highest BCUT2D eigenvalue weighted by atomic mass is 35.5. The summed E-state index contributed by atoms with van der Waals surface area (Å²) in [5, 5.41) is 5.93. The molecule has 2 N–H and O–H groups in total. The van der Waals surface area contributed by atoms with E-state index >= 15 is 0 Å². The van der Waals surface area contributed by atoms with Gasteiger partial charge in [-0.2, -0.15) is 0 Å². The van der Waals surface area contributed by atoms with Crippen LogP contribution in [-0.4, -0.2) is 17.7 Å². The lowest BCUT2D eigenvalue weighted by molar-refractivity contribution is -0.120. The Morgan fingerprint density at radius 2 is 1.53 bits per heavy atom. The fraction of sp³-hybridized carbons (Fsp3) is 0.115. The highest BCUT2D eigenvalue weighted by molar-refractivity contribution is 6.53. The topological polar surface area (TPSA) is 78.5 Å². The molecule has 0 unspecified atom stereocenters. The van der Waals surface area contributed by atoms with E-state index in [9.17, 15) is 14.4 Å². The molecule has 0 fully saturated rings. The van der Waals surface area contributed by atoms with Crippen LogP contribution in [0.15, 0.2) is 77.5 Å². The number of benzene rings is 3. The highest BCUT2D eigenvalue weighted by Gasteiger charge is 2.39. The number of nitrogens with zero attached hydrogens (tertiary/aromatic N) is 1. The Morgan fingerprint density at radius 3 is 2.18 bits per heavy atom. The molecule has 172 valence electrons. The van der Waals surface area contributed by atoms with Gasteiger partial charge in [-0.1, -0.05) is 48.3 Å². The second-order valence-electron chi connectivity index (χ2n) is 7.77. The van der Waals surface area contributed by atoms with E-state index in [4.69, 9.17) is 23.2 Å². The monoisotopic (exact) mass is 493 g/mol. The molecule has 8 heteroatoms. The van der Waals surface area contributed by atoms with E-state index in [0.717, 1.165) is 11.3 Å². The maximum absolute atomic E-state index is 13.0. The molecule has 6 nitrogen and oxygen atoms in total. The van der Waals surface area contributed by atoms with Crippen LogP contribution in [0.4, 0.5) is 17.1 Å². The number of halogens is 2. The van der Waals surface area contributed by atoms with Gasteiger partial charge >= 0.3 is 0 Å². The molecule has 0 saturated heterocycles. The molecule has 0 aliphatic carbocycles. The predicted octanol–water partition coefficient (Wildman–Crippen LogP) is 5.90. The van der Waals surface area contributed by atoms with E-state index in [-0.39, 0.29) is 16.6 Å². The van der Waals surface area contributed by atoms with Crippen LogP contribution in [0, 0.1) is 6.92 Å². The Hall–Kier alpha value is -3.61. The maximum Gasteiger partial charge on any atom is 0.283 e. The van der Waals surface area contributed by atoms with Crippen LogP contribution < -0.4 is 15.5 Å². The molecule has 34 heavy (non-hydrogen) atoms. The van der Waals surface area contributed by atoms with Crippen LogP contribution in [0.1, 0.15) is 28.4 Å². The van der Waals surface area contributed by atoms with Gasteiger partial charge in [0, 0.05) is 22.0 Å². The molecule has 1 aliphatic heterocycles. The summed E-state index contributed by atoms with van der Waals surface area (Å²) >= 11 is 12.3. The van der Waals surface area contributed by atoms with E-state index in [1.54, 1.807) is 49.4 Å². The van der Waals surface area contributed by atoms with Crippen LogP contribution in [0.5, 0.6) is 0 Å². The number of hydrogen-bond donors (Lipinski definition) is 2. The Bertz CT molecular complexity index is 1320. The Morgan fingerprint density at radius 1 is 0.882 bits per heavy atom. The largest absolute Gasteiger partial charge is 0.350 e. The lowest BCUT2D eigenvalue weighted by atomic mass is 10.1. The molecule has 0 atom stereocenters. The molecule has 0 bridgehead atoms. The smallest absolute Gasteiger partial charge is 0.283 e. The predicted molar refractivity (Wildman–Crippen MR) is 135 cm³/mol. The van der Waals surface area contributed by atoms with Crippen LogP contribution in [0.25, 0.3) is 0 Å². The summed E-state index contributed by atoms with van der Waals surface area (Å²) in [6, 6.07) is 19.1. The van der Waals surface area contributed by atoms with Gasteiger partial charge in [0.15, 0.2) is 0 Å². The molecule has 3 aromatic carbocycles. The van der Waals surface area contributed by atoms with Crippen molar-refractivity contribution in [3.05, 3.63) is 99.2 Å². The standard InChI is InChI=1S/C26H21Cl2N3O3/c1-3-16-5-10-20(11-6-16)30-24(32)17-7-12-19(13-8-17)29-23-22(28)25(33)31(26(23)34)21-14-18(27)9-4-15(21)2/h4-14,29H,3H2,1-2H3,(H,30,32).